The van der Waals surface area contributed by atoms with Gasteiger partial charge in [0.15, 0.2) is 5.69 Å². The van der Waals surface area contributed by atoms with E-state index in [1.165, 1.54) is 0 Å². The van der Waals surface area contributed by atoms with Crippen LogP contribution < -0.4 is 15.5 Å². The van der Waals surface area contributed by atoms with Gasteiger partial charge in [-0.3, -0.25) is 44.0 Å². The number of piperidine rings is 2. The summed E-state index contributed by atoms with van der Waals surface area (Å²) < 4.78 is 31.8. The first-order valence-electron chi connectivity index (χ1n) is 21.7. The van der Waals surface area contributed by atoms with Crippen molar-refractivity contribution in [3.05, 3.63) is 94.6 Å². The monoisotopic (exact) mass is 860 g/mol. The average molecular weight is 861 g/mol. The molecule has 326 valence electrons. The van der Waals surface area contributed by atoms with E-state index in [-0.39, 0.29) is 59.5 Å². The van der Waals surface area contributed by atoms with E-state index in [9.17, 15) is 28.8 Å². The van der Waals surface area contributed by atoms with E-state index in [2.05, 4.69) is 30.8 Å². The molecule has 1 spiro atoms. The highest BCUT2D eigenvalue weighted by atomic mass is 19.3. The fourth-order valence-corrected chi connectivity index (χ4v) is 11.4. The van der Waals surface area contributed by atoms with Gasteiger partial charge in [-0.2, -0.15) is 10.2 Å². The number of likely N-dealkylation sites (tertiary alicyclic amines) is 2. The molecule has 4 atom stereocenters. The van der Waals surface area contributed by atoms with Gasteiger partial charge in [-0.1, -0.05) is 37.3 Å². The number of urea groups is 1. The fourth-order valence-electron chi connectivity index (χ4n) is 11.4. The second-order valence-corrected chi connectivity index (χ2v) is 18.9. The van der Waals surface area contributed by atoms with Crippen LogP contribution in [-0.2, 0) is 16.0 Å². The van der Waals surface area contributed by atoms with Crippen molar-refractivity contribution in [3.63, 3.8) is 0 Å². The van der Waals surface area contributed by atoms with Gasteiger partial charge in [0, 0.05) is 86.6 Å². The highest BCUT2D eigenvalue weighted by Gasteiger charge is 2.70. The van der Waals surface area contributed by atoms with Gasteiger partial charge >= 0.3 is 6.03 Å². The molecule has 18 heteroatoms. The Kier molecular flexibility index (Phi) is 8.77. The van der Waals surface area contributed by atoms with Crippen molar-refractivity contribution in [2.24, 2.45) is 16.7 Å². The smallest absolute Gasteiger partial charge is 0.320 e. The molecule has 4 aromatic rings. The minimum atomic E-state index is -2.90. The molecule has 2 unspecified atom stereocenters. The van der Waals surface area contributed by atoms with Gasteiger partial charge < -0.3 is 20.0 Å². The molecule has 5 aliphatic heterocycles. The van der Waals surface area contributed by atoms with Gasteiger partial charge in [-0.25, -0.2) is 13.6 Å². The number of H-pyrrole nitrogens is 1. The summed E-state index contributed by atoms with van der Waals surface area (Å²) in [7, 11) is 0. The number of aromatic nitrogens is 4. The quantitative estimate of drug-likeness (QED) is 0.224. The molecule has 0 radical (unpaired) electrons. The zero-order valence-electron chi connectivity index (χ0n) is 34.6. The minimum absolute atomic E-state index is 0.00726. The van der Waals surface area contributed by atoms with Crippen LogP contribution in [0, 0.1) is 16.7 Å². The van der Waals surface area contributed by atoms with Crippen LogP contribution in [0.15, 0.2) is 60.9 Å². The Balaban J connectivity index is 0.711. The van der Waals surface area contributed by atoms with Crippen molar-refractivity contribution in [2.45, 2.75) is 75.8 Å². The third-order valence-corrected chi connectivity index (χ3v) is 15.1. The van der Waals surface area contributed by atoms with Crippen LogP contribution in [-0.4, -0.2) is 121 Å². The van der Waals surface area contributed by atoms with Crippen molar-refractivity contribution in [1.29, 1.82) is 0 Å². The van der Waals surface area contributed by atoms with Gasteiger partial charge in [0.25, 0.3) is 23.6 Å². The van der Waals surface area contributed by atoms with E-state index in [0.29, 0.717) is 49.5 Å². The molecule has 7 amide bonds. The van der Waals surface area contributed by atoms with Gasteiger partial charge in [0.1, 0.15) is 6.04 Å². The zero-order chi connectivity index (χ0) is 43.6. The number of carbonyl (C=O) groups is 6. The number of imide groups is 2. The number of halogens is 2. The number of fused-ring (bicyclic) bond motifs is 1. The molecule has 16 nitrogen and oxygen atoms in total. The Hall–Kier alpha value is -6.46. The van der Waals surface area contributed by atoms with Gasteiger partial charge in [-0.15, -0.1) is 0 Å². The second kappa shape index (κ2) is 14.0. The lowest BCUT2D eigenvalue weighted by molar-refractivity contribution is -0.221. The number of alkyl halides is 2. The van der Waals surface area contributed by atoms with Crippen molar-refractivity contribution in [2.75, 3.05) is 49.5 Å². The van der Waals surface area contributed by atoms with Crippen LogP contribution in [0.5, 0.6) is 0 Å². The molecule has 2 aromatic carbocycles. The number of benzene rings is 2. The predicted molar refractivity (Wildman–Crippen MR) is 221 cm³/mol. The maximum absolute atomic E-state index is 15.0. The predicted octanol–water partition coefficient (Wildman–Crippen LogP) is 4.58. The summed E-state index contributed by atoms with van der Waals surface area (Å²) >= 11 is 0. The lowest BCUT2D eigenvalue weighted by atomic mass is 9.51. The van der Waals surface area contributed by atoms with Crippen LogP contribution in [0.25, 0.3) is 0 Å². The number of aromatic amines is 1. The summed E-state index contributed by atoms with van der Waals surface area (Å²) in [6.07, 6.45) is 6.50. The number of anilines is 2. The number of amides is 7. The highest BCUT2D eigenvalue weighted by molar-refractivity contribution is 6.23. The lowest BCUT2D eigenvalue weighted by Crippen LogP contribution is -2.59. The molecule has 1 saturated carbocycles. The normalized spacial score (nSPS) is 26.3. The topological polar surface area (TPSA) is 186 Å². The molecule has 4 saturated heterocycles. The first-order chi connectivity index (χ1) is 30.2. The van der Waals surface area contributed by atoms with Crippen molar-refractivity contribution < 1.29 is 37.5 Å². The SMILES string of the molecule is C[C@@]12Cc3[nH]nc(C(=O)Nc4cnn([C@H](c5ccccc5)C5CN(C(=O)N6CCC7(CCN(c8ccc9c(c8)C(=O)N(C8CCC(=O)NC8=O)C9=O)CC7)C6)C5)c4)c3C(C1)C2(F)F. The number of hydrogen-bond acceptors (Lipinski definition) is 9. The zero-order valence-corrected chi connectivity index (χ0v) is 34.6. The molecule has 2 bridgehead atoms. The van der Waals surface area contributed by atoms with Crippen LogP contribution in [0.2, 0.25) is 0 Å². The van der Waals surface area contributed by atoms with Gasteiger partial charge in [-0.05, 0) is 61.3 Å². The Morgan fingerprint density at radius 2 is 1.68 bits per heavy atom. The molecule has 63 heavy (non-hydrogen) atoms. The van der Waals surface area contributed by atoms with Crippen molar-refractivity contribution in [1.82, 2.24) is 40.0 Å². The summed E-state index contributed by atoms with van der Waals surface area (Å²) in [4.78, 5) is 85.3. The first-order valence-corrected chi connectivity index (χ1v) is 21.7. The van der Waals surface area contributed by atoms with E-state index < -0.39 is 52.8 Å². The molecule has 8 aliphatic rings. The molecule has 5 fully saturated rings. The molecule has 3 aliphatic carbocycles. The second-order valence-electron chi connectivity index (χ2n) is 18.9. The van der Waals surface area contributed by atoms with E-state index in [4.69, 9.17) is 0 Å². The van der Waals surface area contributed by atoms with Crippen LogP contribution >= 0.6 is 0 Å². The first kappa shape index (κ1) is 39.4. The van der Waals surface area contributed by atoms with Crippen LogP contribution in [0.1, 0.15) is 105 Å². The Morgan fingerprint density at radius 1 is 0.937 bits per heavy atom. The number of nitrogens with one attached hydrogen (secondary N) is 3. The standard InChI is InChI=1S/C45H46F2N10O6/c1-43-18-31(45(43,46)47)35-32(19-43)51-52-36(35)39(60)49-27-20-48-56(23-27)37(25-5-3-2-4-6-25)26-21-55(22-26)42(63)54-16-13-44(24-54)11-14-53(15-12-44)28-7-8-29-30(17-28)41(62)57(40(29)61)33-9-10-34(58)50-38(33)59/h2-8,17,20,23,26,31,33,37H,9-16,18-19,21-22,24H2,1H3,(H,49,60)(H,51,52)(H,50,58,59)/t31?,33?,37-,43+/m1/s1. The summed E-state index contributed by atoms with van der Waals surface area (Å²) in [5.41, 5.74) is 2.49. The third-order valence-electron chi connectivity index (χ3n) is 15.1. The molecule has 2 aromatic heterocycles. The Morgan fingerprint density at radius 3 is 2.43 bits per heavy atom. The summed E-state index contributed by atoms with van der Waals surface area (Å²) in [5.74, 6) is -6.57. The van der Waals surface area contributed by atoms with Gasteiger partial charge in [0.05, 0.1) is 35.0 Å². The Bertz CT molecular complexity index is 2620. The highest BCUT2D eigenvalue weighted by Crippen LogP contribution is 2.67. The maximum Gasteiger partial charge on any atom is 0.320 e. The van der Waals surface area contributed by atoms with E-state index in [1.54, 1.807) is 36.1 Å². The molecule has 12 rings (SSSR count). The molecule has 3 N–H and O–H groups in total. The van der Waals surface area contributed by atoms with E-state index in [0.717, 1.165) is 48.5 Å². The molecular formula is C45H46F2N10O6. The largest absolute Gasteiger partial charge is 0.371 e. The number of carbonyl (C=O) groups excluding carboxylic acids is 6. The number of nitrogens with zero attached hydrogens (tertiary/aromatic N) is 7. The summed E-state index contributed by atoms with van der Waals surface area (Å²) in [6, 6.07) is 13.9. The minimum Gasteiger partial charge on any atom is -0.371 e. The maximum atomic E-state index is 15.0. The number of rotatable bonds is 7. The fraction of sp³-hybridized carbons (Fsp3) is 0.467. The lowest BCUT2D eigenvalue weighted by Gasteiger charge is -2.56. The Labute approximate surface area is 360 Å². The van der Waals surface area contributed by atoms with Crippen molar-refractivity contribution in [3.8, 4) is 0 Å². The van der Waals surface area contributed by atoms with Gasteiger partial charge in [0.2, 0.25) is 11.8 Å². The molecular weight excluding hydrogens is 815 g/mol. The number of hydrogen-bond donors (Lipinski definition) is 3. The van der Waals surface area contributed by atoms with Crippen molar-refractivity contribution >= 4 is 46.9 Å². The van der Waals surface area contributed by atoms with E-state index in [1.807, 2.05) is 46.2 Å². The summed E-state index contributed by atoms with van der Waals surface area (Å²) in [6.45, 7) is 5.37. The van der Waals surface area contributed by atoms with Crippen LogP contribution in [0.3, 0.4) is 0 Å². The molecule has 7 heterocycles. The van der Waals surface area contributed by atoms with Crippen LogP contribution in [0.4, 0.5) is 25.0 Å². The third kappa shape index (κ3) is 6.10. The summed E-state index contributed by atoms with van der Waals surface area (Å²) in [5, 5.41) is 16.7. The van der Waals surface area contributed by atoms with E-state index >= 15 is 8.78 Å². The average Bonchev–Trinajstić information content (AvgIpc) is 4.05.